The van der Waals surface area contributed by atoms with E-state index in [1.165, 1.54) is 0 Å². The molecule has 1 aromatic rings. The molecule has 0 radical (unpaired) electrons. The zero-order valence-electron chi connectivity index (χ0n) is 13.7. The maximum atomic E-state index is 12.5. The maximum absolute atomic E-state index is 12.5. The van der Waals surface area contributed by atoms with Crippen molar-refractivity contribution in [2.75, 3.05) is 14.1 Å². The summed E-state index contributed by atoms with van der Waals surface area (Å²) in [4.78, 5) is 24.1. The SMILES string of the molecule is CCCC1=NOC(=O)C1(Cc1ccccc1)N=C(C)N(C)C. The second-order valence-electron chi connectivity index (χ2n) is 5.74. The summed E-state index contributed by atoms with van der Waals surface area (Å²) >= 11 is 0. The normalized spacial score (nSPS) is 21.5. The molecule has 1 heterocycles. The van der Waals surface area contributed by atoms with Crippen LogP contribution in [-0.4, -0.2) is 42.1 Å². The van der Waals surface area contributed by atoms with Gasteiger partial charge in [0.15, 0.2) is 0 Å². The molecular weight excluding hydrogens is 278 g/mol. The largest absolute Gasteiger partial charge is 0.368 e. The average molecular weight is 301 g/mol. The Hall–Kier alpha value is -2.17. The average Bonchev–Trinajstić information content (AvgIpc) is 2.78. The lowest BCUT2D eigenvalue weighted by Crippen LogP contribution is -2.45. The van der Waals surface area contributed by atoms with Gasteiger partial charge in [-0.3, -0.25) is 0 Å². The molecule has 0 saturated heterocycles. The first-order valence-electron chi connectivity index (χ1n) is 7.56. The van der Waals surface area contributed by atoms with Gasteiger partial charge < -0.3 is 9.74 Å². The van der Waals surface area contributed by atoms with Crippen LogP contribution >= 0.6 is 0 Å². The monoisotopic (exact) mass is 301 g/mol. The smallest absolute Gasteiger partial charge is 0.367 e. The van der Waals surface area contributed by atoms with Gasteiger partial charge in [0, 0.05) is 20.5 Å². The fourth-order valence-corrected chi connectivity index (χ4v) is 2.45. The van der Waals surface area contributed by atoms with Crippen molar-refractivity contribution in [3.63, 3.8) is 0 Å². The van der Waals surface area contributed by atoms with Crippen LogP contribution in [0.1, 0.15) is 32.3 Å². The number of aliphatic imine (C=N–C) groups is 1. The fraction of sp³-hybridized carbons (Fsp3) is 0.471. The van der Waals surface area contributed by atoms with E-state index in [1.807, 2.05) is 56.3 Å². The molecule has 5 heteroatoms. The summed E-state index contributed by atoms with van der Waals surface area (Å²) in [7, 11) is 3.82. The lowest BCUT2D eigenvalue weighted by atomic mass is 9.85. The molecule has 2 rings (SSSR count). The molecule has 22 heavy (non-hydrogen) atoms. The number of hydrogen-bond acceptors (Lipinski definition) is 4. The van der Waals surface area contributed by atoms with Gasteiger partial charge in [-0.25, -0.2) is 9.79 Å². The Bertz CT molecular complexity index is 593. The first kappa shape index (κ1) is 16.2. The summed E-state index contributed by atoms with van der Waals surface area (Å²) in [5.74, 6) is 0.389. The van der Waals surface area contributed by atoms with Crippen molar-refractivity contribution >= 4 is 17.5 Å². The fourth-order valence-electron chi connectivity index (χ4n) is 2.45. The molecule has 0 aromatic heterocycles. The Morgan fingerprint density at radius 3 is 2.59 bits per heavy atom. The number of rotatable bonds is 5. The molecule has 0 N–H and O–H groups in total. The van der Waals surface area contributed by atoms with Crippen molar-refractivity contribution in [2.24, 2.45) is 10.1 Å². The van der Waals surface area contributed by atoms with Gasteiger partial charge in [0.1, 0.15) is 0 Å². The van der Waals surface area contributed by atoms with E-state index in [-0.39, 0.29) is 5.97 Å². The van der Waals surface area contributed by atoms with Crippen molar-refractivity contribution in [2.45, 2.75) is 38.6 Å². The highest BCUT2D eigenvalue weighted by atomic mass is 16.7. The quantitative estimate of drug-likeness (QED) is 0.477. The minimum absolute atomic E-state index is 0.388. The lowest BCUT2D eigenvalue weighted by Gasteiger charge is -2.25. The van der Waals surface area contributed by atoms with Crippen LogP contribution in [0.5, 0.6) is 0 Å². The van der Waals surface area contributed by atoms with Crippen LogP contribution in [0.3, 0.4) is 0 Å². The summed E-state index contributed by atoms with van der Waals surface area (Å²) < 4.78 is 0. The van der Waals surface area contributed by atoms with E-state index < -0.39 is 5.54 Å². The zero-order chi connectivity index (χ0) is 16.2. The van der Waals surface area contributed by atoms with Crippen LogP contribution in [0.15, 0.2) is 40.5 Å². The maximum Gasteiger partial charge on any atom is 0.368 e. The third-order valence-corrected chi connectivity index (χ3v) is 3.84. The topological polar surface area (TPSA) is 54.3 Å². The van der Waals surface area contributed by atoms with Crippen LogP contribution in [0, 0.1) is 0 Å². The predicted octanol–water partition coefficient (Wildman–Crippen LogP) is 2.66. The van der Waals surface area contributed by atoms with E-state index >= 15 is 0 Å². The van der Waals surface area contributed by atoms with Crippen molar-refractivity contribution in [3.8, 4) is 0 Å². The van der Waals surface area contributed by atoms with Gasteiger partial charge in [-0.1, -0.05) is 48.8 Å². The third-order valence-electron chi connectivity index (χ3n) is 3.84. The van der Waals surface area contributed by atoms with Gasteiger partial charge in [0.05, 0.1) is 11.5 Å². The minimum atomic E-state index is -1.04. The summed E-state index contributed by atoms with van der Waals surface area (Å²) in [6.07, 6.45) is 2.06. The molecule has 1 aromatic carbocycles. The number of oxime groups is 1. The van der Waals surface area contributed by atoms with E-state index in [2.05, 4.69) is 12.1 Å². The van der Waals surface area contributed by atoms with Gasteiger partial charge in [0.2, 0.25) is 5.54 Å². The summed E-state index contributed by atoms with van der Waals surface area (Å²) in [5, 5.41) is 4.01. The molecule has 0 spiro atoms. The number of hydrogen-bond donors (Lipinski definition) is 0. The van der Waals surface area contributed by atoms with Crippen LogP contribution in [0.2, 0.25) is 0 Å². The van der Waals surface area contributed by atoms with Crippen molar-refractivity contribution < 1.29 is 9.63 Å². The molecule has 1 unspecified atom stereocenters. The second kappa shape index (κ2) is 6.73. The van der Waals surface area contributed by atoms with Gasteiger partial charge in [-0.15, -0.1) is 0 Å². The molecule has 118 valence electrons. The summed E-state index contributed by atoms with van der Waals surface area (Å²) in [5.41, 5.74) is 0.719. The molecule has 0 saturated carbocycles. The van der Waals surface area contributed by atoms with Crippen molar-refractivity contribution in [1.82, 2.24) is 4.90 Å². The number of nitrogens with zero attached hydrogens (tertiary/aromatic N) is 3. The standard InChI is InChI=1S/C17H23N3O2/c1-5-9-15-17(16(21)22-19-15,18-13(2)20(3)4)12-14-10-7-6-8-11-14/h6-8,10-11H,5,9,12H2,1-4H3. The molecule has 0 fully saturated rings. The molecule has 1 atom stereocenters. The number of carbonyl (C=O) groups is 1. The van der Waals surface area contributed by atoms with Gasteiger partial charge in [-0.2, -0.15) is 0 Å². The Kier molecular flexibility index (Phi) is 4.96. The Morgan fingerprint density at radius 2 is 2.00 bits per heavy atom. The number of carbonyl (C=O) groups excluding carboxylic acids is 1. The highest BCUT2D eigenvalue weighted by Gasteiger charge is 2.49. The Morgan fingerprint density at radius 1 is 1.32 bits per heavy atom. The zero-order valence-corrected chi connectivity index (χ0v) is 13.7. The van der Waals surface area contributed by atoms with E-state index in [9.17, 15) is 4.79 Å². The minimum Gasteiger partial charge on any atom is -0.367 e. The van der Waals surface area contributed by atoms with E-state index in [0.29, 0.717) is 18.6 Å². The molecular formula is C17H23N3O2. The summed E-state index contributed by atoms with van der Waals surface area (Å²) in [6, 6.07) is 9.87. The van der Waals surface area contributed by atoms with Gasteiger partial charge in [-0.05, 0) is 18.9 Å². The first-order chi connectivity index (χ1) is 10.5. The molecule has 1 aliphatic rings. The molecule has 0 amide bonds. The van der Waals surface area contributed by atoms with E-state index in [1.54, 1.807) is 0 Å². The molecule has 1 aliphatic heterocycles. The predicted molar refractivity (Wildman–Crippen MR) is 88.1 cm³/mol. The van der Waals surface area contributed by atoms with E-state index in [4.69, 9.17) is 9.83 Å². The molecule has 5 nitrogen and oxygen atoms in total. The van der Waals surface area contributed by atoms with Crippen LogP contribution < -0.4 is 0 Å². The van der Waals surface area contributed by atoms with Crippen molar-refractivity contribution in [1.29, 1.82) is 0 Å². The second-order valence-corrected chi connectivity index (χ2v) is 5.74. The van der Waals surface area contributed by atoms with Gasteiger partial charge in [0.25, 0.3) is 0 Å². The number of benzene rings is 1. The van der Waals surface area contributed by atoms with E-state index in [0.717, 1.165) is 17.8 Å². The highest BCUT2D eigenvalue weighted by molar-refractivity contribution is 6.15. The summed E-state index contributed by atoms with van der Waals surface area (Å²) in [6.45, 7) is 3.95. The Balaban J connectivity index is 2.46. The van der Waals surface area contributed by atoms with Crippen LogP contribution in [0.4, 0.5) is 0 Å². The van der Waals surface area contributed by atoms with Crippen LogP contribution in [0.25, 0.3) is 0 Å². The Labute approximate surface area is 131 Å². The first-order valence-corrected chi connectivity index (χ1v) is 7.56. The van der Waals surface area contributed by atoms with Gasteiger partial charge >= 0.3 is 5.97 Å². The molecule has 0 bridgehead atoms. The van der Waals surface area contributed by atoms with Crippen molar-refractivity contribution in [3.05, 3.63) is 35.9 Å². The third kappa shape index (κ3) is 3.18. The highest BCUT2D eigenvalue weighted by Crippen LogP contribution is 2.30. The molecule has 0 aliphatic carbocycles. The lowest BCUT2D eigenvalue weighted by molar-refractivity contribution is -0.144. The number of amidine groups is 1. The van der Waals surface area contributed by atoms with Crippen LogP contribution in [-0.2, 0) is 16.1 Å².